The number of allylic oxidation sites excluding steroid dienone is 1. The van der Waals surface area contributed by atoms with Crippen LogP contribution in [0.15, 0.2) is 36.0 Å². The van der Waals surface area contributed by atoms with E-state index in [1.807, 2.05) is 45.0 Å². The Kier molecular flexibility index (Phi) is 5.25. The molecule has 0 amide bonds. The van der Waals surface area contributed by atoms with Crippen LogP contribution in [0.3, 0.4) is 0 Å². The quantitative estimate of drug-likeness (QED) is 0.662. The maximum atomic E-state index is 14.5. The molecular weight excluding hydrogens is 293 g/mol. The maximum Gasteiger partial charge on any atom is 0.184 e. The third kappa shape index (κ3) is 4.20. The van der Waals surface area contributed by atoms with Gasteiger partial charge in [0.05, 0.1) is 18.6 Å². The third-order valence-corrected chi connectivity index (χ3v) is 4.53. The summed E-state index contributed by atoms with van der Waals surface area (Å²) in [7, 11) is 0. The molecule has 0 spiro atoms. The number of halogens is 1. The fourth-order valence-electron chi connectivity index (χ4n) is 2.74. The van der Waals surface area contributed by atoms with Crippen molar-refractivity contribution in [2.75, 3.05) is 13.2 Å². The van der Waals surface area contributed by atoms with Crippen LogP contribution in [0.2, 0.25) is 0 Å². The molecule has 1 aromatic carbocycles. The van der Waals surface area contributed by atoms with Gasteiger partial charge >= 0.3 is 0 Å². The molecule has 1 fully saturated rings. The molecule has 3 nitrogen and oxygen atoms in total. The lowest BCUT2D eigenvalue weighted by Crippen LogP contribution is -2.43. The lowest BCUT2D eigenvalue weighted by Gasteiger charge is -2.30. The first-order valence-corrected chi connectivity index (χ1v) is 8.08. The number of hydrogen-bond acceptors (Lipinski definition) is 3. The van der Waals surface area contributed by atoms with Crippen molar-refractivity contribution >= 4 is 5.78 Å². The van der Waals surface area contributed by atoms with Crippen molar-refractivity contribution in [1.29, 1.82) is 0 Å². The monoisotopic (exact) mass is 319 g/mol. The molecule has 1 saturated heterocycles. The van der Waals surface area contributed by atoms with Crippen LogP contribution >= 0.6 is 0 Å². The number of ether oxygens (including phenoxy) is 1. The Balaban J connectivity index is 2.11. The molecule has 1 N–H and O–H groups in total. The van der Waals surface area contributed by atoms with E-state index in [9.17, 15) is 9.18 Å². The summed E-state index contributed by atoms with van der Waals surface area (Å²) < 4.78 is 19.7. The van der Waals surface area contributed by atoms with Crippen LogP contribution in [0.1, 0.15) is 44.7 Å². The Bertz CT molecular complexity index is 584. The summed E-state index contributed by atoms with van der Waals surface area (Å²) in [6, 6.07) is 7.95. The minimum absolute atomic E-state index is 0.00971. The summed E-state index contributed by atoms with van der Waals surface area (Å²) in [5.41, 5.74) is 2.00. The molecule has 126 valence electrons. The van der Waals surface area contributed by atoms with Gasteiger partial charge in [0.1, 0.15) is 0 Å². The smallest absolute Gasteiger partial charge is 0.184 e. The van der Waals surface area contributed by atoms with Crippen molar-refractivity contribution in [3.63, 3.8) is 0 Å². The molecule has 0 bridgehead atoms. The molecule has 0 aromatic heterocycles. The van der Waals surface area contributed by atoms with Gasteiger partial charge in [0.15, 0.2) is 11.6 Å². The molecule has 0 radical (unpaired) electrons. The average Bonchev–Trinajstić information content (AvgIpc) is 2.53. The van der Waals surface area contributed by atoms with Gasteiger partial charge in [-0.05, 0) is 33.3 Å². The fourth-order valence-corrected chi connectivity index (χ4v) is 2.74. The number of hydrogen-bond donors (Lipinski definition) is 1. The zero-order chi connectivity index (χ0) is 17.1. The van der Waals surface area contributed by atoms with Gasteiger partial charge in [0.2, 0.25) is 0 Å². The molecule has 23 heavy (non-hydrogen) atoms. The summed E-state index contributed by atoms with van der Waals surface area (Å²) in [6.07, 6.45) is 2.11. The van der Waals surface area contributed by atoms with Crippen molar-refractivity contribution in [3.05, 3.63) is 47.2 Å². The third-order valence-electron chi connectivity index (χ3n) is 4.53. The molecular formula is C19H26FNO2. The minimum atomic E-state index is -1.48. The van der Waals surface area contributed by atoms with E-state index >= 15 is 0 Å². The first-order chi connectivity index (χ1) is 10.7. The van der Waals surface area contributed by atoms with E-state index in [1.165, 1.54) is 6.20 Å². The molecule has 4 heteroatoms. The number of carbonyl (C=O) groups is 1. The van der Waals surface area contributed by atoms with Gasteiger partial charge in [-0.3, -0.25) is 4.79 Å². The number of carbonyl (C=O) groups excluding carboxylic acids is 1. The van der Waals surface area contributed by atoms with Crippen LogP contribution in [0.5, 0.6) is 0 Å². The topological polar surface area (TPSA) is 38.3 Å². The molecule has 0 aliphatic carbocycles. The Hall–Kier alpha value is -1.68. The summed E-state index contributed by atoms with van der Waals surface area (Å²) in [4.78, 5) is 12.8. The molecule has 1 aliphatic rings. The molecule has 1 aliphatic heterocycles. The molecule has 0 atom stereocenters. The second-order valence-electron chi connectivity index (χ2n) is 6.87. The fraction of sp³-hybridized carbons (Fsp3) is 0.526. The van der Waals surface area contributed by atoms with Gasteiger partial charge in [-0.2, -0.15) is 0 Å². The highest BCUT2D eigenvalue weighted by atomic mass is 19.1. The zero-order valence-corrected chi connectivity index (χ0v) is 14.4. The number of benzene rings is 1. The molecule has 0 saturated carbocycles. The second kappa shape index (κ2) is 6.83. The van der Waals surface area contributed by atoms with Gasteiger partial charge in [-0.1, -0.05) is 29.8 Å². The van der Waals surface area contributed by atoms with Crippen LogP contribution < -0.4 is 5.32 Å². The van der Waals surface area contributed by atoms with Crippen molar-refractivity contribution in [2.45, 2.75) is 51.7 Å². The first kappa shape index (κ1) is 17.7. The Morgan fingerprint density at radius 3 is 2.39 bits per heavy atom. The van der Waals surface area contributed by atoms with Crippen LogP contribution in [0.25, 0.3) is 0 Å². The van der Waals surface area contributed by atoms with E-state index in [0.717, 1.165) is 11.1 Å². The summed E-state index contributed by atoms with van der Waals surface area (Å²) in [5.74, 6) is -1.49. The molecule has 1 aromatic rings. The number of aryl methyl sites for hydroxylation is 1. The SMILES string of the molecule is C/C(=C/NC1(F)CCOCC1)C(=O)C(C)(C)c1ccc(C)cc1. The predicted molar refractivity (Wildman–Crippen MR) is 90.0 cm³/mol. The number of Topliss-reactive ketones (excluding diaryl/α,β-unsaturated/α-hetero) is 1. The van der Waals surface area contributed by atoms with Gasteiger partial charge in [-0.25, -0.2) is 4.39 Å². The van der Waals surface area contributed by atoms with Gasteiger partial charge in [-0.15, -0.1) is 0 Å². The van der Waals surface area contributed by atoms with E-state index in [2.05, 4.69) is 5.32 Å². The summed E-state index contributed by atoms with van der Waals surface area (Å²) >= 11 is 0. The van der Waals surface area contributed by atoms with Crippen LogP contribution in [0, 0.1) is 6.92 Å². The zero-order valence-electron chi connectivity index (χ0n) is 14.4. The van der Waals surface area contributed by atoms with Crippen LogP contribution in [0.4, 0.5) is 4.39 Å². The first-order valence-electron chi connectivity index (χ1n) is 8.08. The highest BCUT2D eigenvalue weighted by Crippen LogP contribution is 2.28. The lowest BCUT2D eigenvalue weighted by atomic mass is 9.78. The van der Waals surface area contributed by atoms with E-state index in [0.29, 0.717) is 31.6 Å². The second-order valence-corrected chi connectivity index (χ2v) is 6.87. The van der Waals surface area contributed by atoms with E-state index in [-0.39, 0.29) is 5.78 Å². The van der Waals surface area contributed by atoms with Crippen LogP contribution in [-0.2, 0) is 14.9 Å². The van der Waals surface area contributed by atoms with Gasteiger partial charge in [0.25, 0.3) is 0 Å². The molecule has 2 rings (SSSR count). The minimum Gasteiger partial charge on any atom is -0.381 e. The Morgan fingerprint density at radius 2 is 1.83 bits per heavy atom. The number of nitrogens with one attached hydrogen (secondary N) is 1. The summed E-state index contributed by atoms with van der Waals surface area (Å²) in [5, 5.41) is 2.78. The van der Waals surface area contributed by atoms with E-state index in [1.54, 1.807) is 6.92 Å². The average molecular weight is 319 g/mol. The number of rotatable bonds is 5. The van der Waals surface area contributed by atoms with Gasteiger partial charge < -0.3 is 10.1 Å². The predicted octanol–water partition coefficient (Wildman–Crippen LogP) is 3.81. The van der Waals surface area contributed by atoms with Crippen molar-refractivity contribution in [2.24, 2.45) is 0 Å². The lowest BCUT2D eigenvalue weighted by molar-refractivity contribution is -0.119. The highest BCUT2D eigenvalue weighted by Gasteiger charge is 2.33. The molecule has 0 unspecified atom stereocenters. The normalized spacial score (nSPS) is 18.6. The van der Waals surface area contributed by atoms with Crippen molar-refractivity contribution in [1.82, 2.24) is 5.32 Å². The maximum absolute atomic E-state index is 14.5. The largest absolute Gasteiger partial charge is 0.381 e. The Labute approximate surface area is 137 Å². The standard InChI is InChI=1S/C19H26FNO2/c1-14-5-7-16(8-6-14)18(3,4)17(22)15(2)13-21-19(20)9-11-23-12-10-19/h5-8,13,21H,9-12H2,1-4H3/b15-13-. The summed E-state index contributed by atoms with van der Waals surface area (Å²) in [6.45, 7) is 8.35. The van der Waals surface area contributed by atoms with E-state index in [4.69, 9.17) is 4.74 Å². The van der Waals surface area contributed by atoms with Crippen molar-refractivity contribution in [3.8, 4) is 0 Å². The number of ketones is 1. The van der Waals surface area contributed by atoms with Gasteiger partial charge in [0, 0.05) is 24.6 Å². The Morgan fingerprint density at radius 1 is 1.26 bits per heavy atom. The van der Waals surface area contributed by atoms with Crippen molar-refractivity contribution < 1.29 is 13.9 Å². The number of alkyl halides is 1. The van der Waals surface area contributed by atoms with E-state index < -0.39 is 11.2 Å². The highest BCUT2D eigenvalue weighted by molar-refractivity contribution is 6.02. The molecule has 1 heterocycles. The van der Waals surface area contributed by atoms with Crippen LogP contribution in [-0.4, -0.2) is 24.8 Å².